The van der Waals surface area contributed by atoms with Gasteiger partial charge in [0.2, 0.25) is 0 Å². The van der Waals surface area contributed by atoms with E-state index in [9.17, 15) is 13.9 Å². The summed E-state index contributed by atoms with van der Waals surface area (Å²) in [6.07, 6.45) is 3.58. The first-order valence-electron chi connectivity index (χ1n) is 10.7. The first-order chi connectivity index (χ1) is 15.1. The molecule has 162 valence electrons. The summed E-state index contributed by atoms with van der Waals surface area (Å²) in [5.41, 5.74) is 2.09. The summed E-state index contributed by atoms with van der Waals surface area (Å²) >= 11 is 0. The van der Waals surface area contributed by atoms with Crippen LogP contribution in [0, 0.1) is 11.6 Å². The SMILES string of the molecule is Oc1cccnc1N1CCN(CCCC(c2ccc(F)cc2)c2ccc(F)cc2)CC1. The number of anilines is 1. The molecule has 31 heavy (non-hydrogen) atoms. The number of rotatable bonds is 7. The Morgan fingerprint density at radius 2 is 1.42 bits per heavy atom. The third kappa shape index (κ3) is 5.39. The van der Waals surface area contributed by atoms with Gasteiger partial charge in [-0.15, -0.1) is 0 Å². The number of hydrogen-bond donors (Lipinski definition) is 1. The fraction of sp³-hybridized carbons (Fsp3) is 0.320. The molecular weight excluding hydrogens is 396 g/mol. The van der Waals surface area contributed by atoms with Gasteiger partial charge in [0, 0.05) is 38.3 Å². The molecule has 1 fully saturated rings. The van der Waals surface area contributed by atoms with E-state index in [2.05, 4.69) is 14.8 Å². The number of pyridine rings is 1. The molecule has 1 aliphatic rings. The normalized spacial score (nSPS) is 14.9. The van der Waals surface area contributed by atoms with Crippen molar-refractivity contribution in [1.82, 2.24) is 9.88 Å². The van der Waals surface area contributed by atoms with E-state index in [1.165, 1.54) is 24.3 Å². The Morgan fingerprint density at radius 1 is 0.839 bits per heavy atom. The van der Waals surface area contributed by atoms with Crippen molar-refractivity contribution in [3.63, 3.8) is 0 Å². The van der Waals surface area contributed by atoms with E-state index in [-0.39, 0.29) is 23.3 Å². The van der Waals surface area contributed by atoms with Crippen LogP contribution in [0.4, 0.5) is 14.6 Å². The summed E-state index contributed by atoms with van der Waals surface area (Å²) in [6.45, 7) is 4.43. The van der Waals surface area contributed by atoms with Crippen molar-refractivity contribution in [1.29, 1.82) is 0 Å². The smallest absolute Gasteiger partial charge is 0.171 e. The predicted octanol–water partition coefficient (Wildman–Crippen LogP) is 4.80. The van der Waals surface area contributed by atoms with Gasteiger partial charge < -0.3 is 10.0 Å². The van der Waals surface area contributed by atoms with Crippen LogP contribution in [-0.4, -0.2) is 47.7 Å². The Kier molecular flexibility index (Phi) is 6.77. The third-order valence-electron chi connectivity index (χ3n) is 5.95. The van der Waals surface area contributed by atoms with Crippen molar-refractivity contribution in [2.45, 2.75) is 18.8 Å². The Bertz CT molecular complexity index is 925. The quantitative estimate of drug-likeness (QED) is 0.593. The molecule has 4 rings (SSSR count). The molecule has 0 amide bonds. The molecule has 0 unspecified atom stereocenters. The highest BCUT2D eigenvalue weighted by molar-refractivity contribution is 5.51. The lowest BCUT2D eigenvalue weighted by Gasteiger charge is -2.35. The third-order valence-corrected chi connectivity index (χ3v) is 5.95. The van der Waals surface area contributed by atoms with Crippen LogP contribution in [0.5, 0.6) is 5.75 Å². The van der Waals surface area contributed by atoms with Crippen molar-refractivity contribution in [2.75, 3.05) is 37.6 Å². The summed E-state index contributed by atoms with van der Waals surface area (Å²) in [5, 5.41) is 10.0. The van der Waals surface area contributed by atoms with Gasteiger partial charge in [-0.2, -0.15) is 0 Å². The molecule has 0 aliphatic carbocycles. The van der Waals surface area contributed by atoms with Crippen LogP contribution in [0.3, 0.4) is 0 Å². The average molecular weight is 424 g/mol. The Labute approximate surface area is 181 Å². The number of aromatic nitrogens is 1. The molecule has 0 radical (unpaired) electrons. The lowest BCUT2D eigenvalue weighted by Crippen LogP contribution is -2.47. The zero-order chi connectivity index (χ0) is 21.6. The second-order valence-corrected chi connectivity index (χ2v) is 7.97. The van der Waals surface area contributed by atoms with Crippen molar-refractivity contribution in [3.8, 4) is 5.75 Å². The topological polar surface area (TPSA) is 39.6 Å². The van der Waals surface area contributed by atoms with Gasteiger partial charge in [0.1, 0.15) is 11.6 Å². The van der Waals surface area contributed by atoms with Gasteiger partial charge in [-0.05, 0) is 66.9 Å². The minimum atomic E-state index is -0.251. The van der Waals surface area contributed by atoms with Gasteiger partial charge >= 0.3 is 0 Å². The molecule has 6 heteroatoms. The fourth-order valence-corrected chi connectivity index (χ4v) is 4.25. The van der Waals surface area contributed by atoms with E-state index >= 15 is 0 Å². The van der Waals surface area contributed by atoms with Crippen molar-refractivity contribution in [2.24, 2.45) is 0 Å². The molecule has 1 aromatic heterocycles. The first-order valence-corrected chi connectivity index (χ1v) is 10.7. The second-order valence-electron chi connectivity index (χ2n) is 7.97. The lowest BCUT2D eigenvalue weighted by atomic mass is 9.87. The van der Waals surface area contributed by atoms with Crippen LogP contribution in [0.2, 0.25) is 0 Å². The average Bonchev–Trinajstić information content (AvgIpc) is 2.79. The van der Waals surface area contributed by atoms with Crippen molar-refractivity contribution >= 4 is 5.82 Å². The maximum Gasteiger partial charge on any atom is 0.171 e. The zero-order valence-corrected chi connectivity index (χ0v) is 17.4. The van der Waals surface area contributed by atoms with E-state index in [0.29, 0.717) is 5.82 Å². The van der Waals surface area contributed by atoms with Gasteiger partial charge in [-0.3, -0.25) is 4.90 Å². The molecule has 0 saturated carbocycles. The lowest BCUT2D eigenvalue weighted by molar-refractivity contribution is 0.250. The van der Waals surface area contributed by atoms with Crippen LogP contribution in [0.1, 0.15) is 29.9 Å². The van der Waals surface area contributed by atoms with Crippen molar-refractivity contribution < 1.29 is 13.9 Å². The molecule has 2 heterocycles. The molecule has 3 aromatic rings. The van der Waals surface area contributed by atoms with E-state index in [1.807, 2.05) is 24.3 Å². The summed E-state index contributed by atoms with van der Waals surface area (Å²) in [5.74, 6) is 0.469. The van der Waals surface area contributed by atoms with E-state index < -0.39 is 0 Å². The van der Waals surface area contributed by atoms with Gasteiger partial charge in [-0.1, -0.05) is 24.3 Å². The first kappa shape index (κ1) is 21.2. The van der Waals surface area contributed by atoms with E-state index in [1.54, 1.807) is 18.3 Å². The Balaban J connectivity index is 1.34. The number of benzene rings is 2. The number of hydrogen-bond acceptors (Lipinski definition) is 4. The van der Waals surface area contributed by atoms with Crippen molar-refractivity contribution in [3.05, 3.63) is 89.6 Å². The van der Waals surface area contributed by atoms with Gasteiger partial charge in [-0.25, -0.2) is 13.8 Å². The number of halogens is 2. The number of aromatic hydroxyl groups is 1. The maximum absolute atomic E-state index is 13.4. The molecule has 1 aliphatic heterocycles. The van der Waals surface area contributed by atoms with Gasteiger partial charge in [0.05, 0.1) is 0 Å². The molecule has 0 bridgehead atoms. The Hall–Kier alpha value is -2.99. The molecule has 1 N–H and O–H groups in total. The highest BCUT2D eigenvalue weighted by Crippen LogP contribution is 2.30. The highest BCUT2D eigenvalue weighted by Gasteiger charge is 2.21. The molecule has 4 nitrogen and oxygen atoms in total. The molecule has 0 atom stereocenters. The summed E-state index contributed by atoms with van der Waals surface area (Å²) in [7, 11) is 0. The minimum Gasteiger partial charge on any atom is -0.504 e. The standard InChI is InChI=1S/C25H27F2N3O/c26-21-9-5-19(6-10-21)23(20-7-11-22(27)12-8-20)3-2-14-29-15-17-30(18-16-29)25-24(31)4-1-13-28-25/h1,4-13,23,31H,2-3,14-18H2. The maximum atomic E-state index is 13.4. The van der Waals surface area contributed by atoms with E-state index in [4.69, 9.17) is 0 Å². The summed E-state index contributed by atoms with van der Waals surface area (Å²) in [6, 6.07) is 16.6. The van der Waals surface area contributed by atoms with E-state index in [0.717, 1.165) is 56.7 Å². The van der Waals surface area contributed by atoms with Crippen LogP contribution < -0.4 is 4.90 Å². The minimum absolute atomic E-state index is 0.105. The zero-order valence-electron chi connectivity index (χ0n) is 17.4. The van der Waals surface area contributed by atoms with Gasteiger partial charge in [0.25, 0.3) is 0 Å². The molecule has 1 saturated heterocycles. The highest BCUT2D eigenvalue weighted by atomic mass is 19.1. The largest absolute Gasteiger partial charge is 0.504 e. The van der Waals surface area contributed by atoms with Gasteiger partial charge in [0.15, 0.2) is 11.6 Å². The molecular formula is C25H27F2N3O. The van der Waals surface area contributed by atoms with Crippen LogP contribution in [0.25, 0.3) is 0 Å². The monoisotopic (exact) mass is 423 g/mol. The fourth-order valence-electron chi connectivity index (χ4n) is 4.25. The molecule has 2 aromatic carbocycles. The van der Waals surface area contributed by atoms with Crippen LogP contribution >= 0.6 is 0 Å². The Morgan fingerprint density at radius 3 is 1.97 bits per heavy atom. The predicted molar refractivity (Wildman–Crippen MR) is 118 cm³/mol. The number of piperazine rings is 1. The van der Waals surface area contributed by atoms with Crippen LogP contribution in [-0.2, 0) is 0 Å². The summed E-state index contributed by atoms with van der Waals surface area (Å²) in [4.78, 5) is 8.83. The molecule has 0 spiro atoms. The summed E-state index contributed by atoms with van der Waals surface area (Å²) < 4.78 is 26.8. The number of nitrogens with zero attached hydrogens (tertiary/aromatic N) is 3. The van der Waals surface area contributed by atoms with Crippen LogP contribution in [0.15, 0.2) is 66.9 Å². The second kappa shape index (κ2) is 9.88.